The van der Waals surface area contributed by atoms with Crippen LogP contribution >= 0.6 is 31.9 Å². The van der Waals surface area contributed by atoms with Crippen LogP contribution in [0.2, 0.25) is 0 Å². The summed E-state index contributed by atoms with van der Waals surface area (Å²) in [6.07, 6.45) is 1.86. The van der Waals surface area contributed by atoms with Crippen molar-refractivity contribution in [2.75, 3.05) is 6.61 Å². The van der Waals surface area contributed by atoms with Crippen molar-refractivity contribution in [3.05, 3.63) is 56.5 Å². The third-order valence-corrected chi connectivity index (χ3v) is 4.48. The summed E-state index contributed by atoms with van der Waals surface area (Å²) in [5.41, 5.74) is 4.25. The van der Waals surface area contributed by atoms with Crippen molar-refractivity contribution < 1.29 is 14.3 Å². The van der Waals surface area contributed by atoms with Crippen LogP contribution in [0, 0.1) is 0 Å². The molecule has 1 amide bonds. The quantitative estimate of drug-likeness (QED) is 0.408. The molecule has 0 bridgehead atoms. The summed E-state index contributed by atoms with van der Waals surface area (Å²) in [6, 6.07) is 11.3. The molecular formula is C20H22Br2N2O3. The Hall–Kier alpha value is -1.86. The van der Waals surface area contributed by atoms with Crippen LogP contribution in [0.5, 0.6) is 11.5 Å². The number of amides is 1. The average Bonchev–Trinajstić information content (AvgIpc) is 2.60. The summed E-state index contributed by atoms with van der Waals surface area (Å²) in [7, 11) is 0. The van der Waals surface area contributed by atoms with Gasteiger partial charge in [0.05, 0.1) is 29.8 Å². The molecule has 0 aromatic heterocycles. The Balaban J connectivity index is 2.04. The molecule has 0 saturated carbocycles. The van der Waals surface area contributed by atoms with Gasteiger partial charge in [0.2, 0.25) is 5.91 Å². The number of ether oxygens (including phenoxy) is 2. The molecule has 2 aromatic rings. The smallest absolute Gasteiger partial charge is 0.244 e. The van der Waals surface area contributed by atoms with Crippen molar-refractivity contribution in [3.8, 4) is 11.5 Å². The molecule has 0 fully saturated rings. The highest BCUT2D eigenvalue weighted by Gasteiger charge is 2.13. The van der Waals surface area contributed by atoms with Crippen LogP contribution < -0.4 is 14.9 Å². The Morgan fingerprint density at radius 2 is 1.93 bits per heavy atom. The van der Waals surface area contributed by atoms with Crippen LogP contribution in [0.3, 0.4) is 0 Å². The van der Waals surface area contributed by atoms with E-state index in [0.717, 1.165) is 20.1 Å². The largest absolute Gasteiger partial charge is 0.490 e. The molecule has 27 heavy (non-hydrogen) atoms. The molecule has 7 heteroatoms. The Morgan fingerprint density at radius 1 is 1.22 bits per heavy atom. The highest BCUT2D eigenvalue weighted by molar-refractivity contribution is 9.10. The maximum atomic E-state index is 12.0. The van der Waals surface area contributed by atoms with Crippen molar-refractivity contribution in [2.24, 2.45) is 5.10 Å². The number of hydrogen-bond donors (Lipinski definition) is 1. The summed E-state index contributed by atoms with van der Waals surface area (Å²) >= 11 is 6.88. The summed E-state index contributed by atoms with van der Waals surface area (Å²) in [5.74, 6) is 1.10. The third-order valence-electron chi connectivity index (χ3n) is 3.37. The minimum absolute atomic E-state index is 0.0259. The van der Waals surface area contributed by atoms with E-state index >= 15 is 0 Å². The molecule has 1 N–H and O–H groups in total. The summed E-state index contributed by atoms with van der Waals surface area (Å²) in [6.45, 7) is 6.35. The first-order valence-electron chi connectivity index (χ1n) is 8.58. The Bertz CT molecular complexity index is 806. The molecule has 0 atom stereocenters. The fourth-order valence-corrected chi connectivity index (χ4v) is 3.10. The number of hydrogen-bond acceptors (Lipinski definition) is 4. The Morgan fingerprint density at radius 3 is 2.56 bits per heavy atom. The van der Waals surface area contributed by atoms with Gasteiger partial charge in [-0.2, -0.15) is 5.10 Å². The fourth-order valence-electron chi connectivity index (χ4n) is 2.28. The Labute approximate surface area is 176 Å². The van der Waals surface area contributed by atoms with E-state index in [9.17, 15) is 4.79 Å². The third kappa shape index (κ3) is 6.99. The fraction of sp³-hybridized carbons (Fsp3) is 0.300. The minimum Gasteiger partial charge on any atom is -0.490 e. The molecule has 0 aliphatic heterocycles. The van der Waals surface area contributed by atoms with E-state index in [1.807, 2.05) is 57.2 Å². The van der Waals surface area contributed by atoms with Crippen LogP contribution in [0.1, 0.15) is 31.9 Å². The lowest BCUT2D eigenvalue weighted by Crippen LogP contribution is -2.19. The monoisotopic (exact) mass is 496 g/mol. The number of nitrogens with one attached hydrogen (secondary N) is 1. The first-order chi connectivity index (χ1) is 12.9. The number of rotatable bonds is 8. The molecule has 5 nitrogen and oxygen atoms in total. The van der Waals surface area contributed by atoms with Gasteiger partial charge in [-0.25, -0.2) is 5.43 Å². The Kier molecular flexibility index (Phi) is 8.31. The van der Waals surface area contributed by atoms with Crippen molar-refractivity contribution in [2.45, 2.75) is 33.3 Å². The molecule has 0 saturated heterocycles. The SMILES string of the molecule is CCOc1cc(/C=N/NC(=O)Cc2ccc(Br)cc2)cc(Br)c1OC(C)C. The summed E-state index contributed by atoms with van der Waals surface area (Å²) in [5, 5.41) is 4.04. The highest BCUT2D eigenvalue weighted by atomic mass is 79.9. The van der Waals surface area contributed by atoms with Gasteiger partial charge >= 0.3 is 0 Å². The molecule has 2 rings (SSSR count). The molecule has 144 valence electrons. The number of carbonyl (C=O) groups excluding carboxylic acids is 1. The normalized spacial score (nSPS) is 11.0. The van der Waals surface area contributed by atoms with Gasteiger partial charge in [0.1, 0.15) is 0 Å². The first-order valence-corrected chi connectivity index (χ1v) is 10.2. The van der Waals surface area contributed by atoms with E-state index < -0.39 is 0 Å². The van der Waals surface area contributed by atoms with Gasteiger partial charge < -0.3 is 9.47 Å². The van der Waals surface area contributed by atoms with Crippen LogP contribution in [0.25, 0.3) is 0 Å². The van der Waals surface area contributed by atoms with E-state index in [4.69, 9.17) is 9.47 Å². The summed E-state index contributed by atoms with van der Waals surface area (Å²) < 4.78 is 13.2. The number of hydrazone groups is 1. The van der Waals surface area contributed by atoms with Crippen molar-refractivity contribution in [1.29, 1.82) is 0 Å². The van der Waals surface area contributed by atoms with E-state index in [-0.39, 0.29) is 18.4 Å². The second kappa shape index (κ2) is 10.5. The van der Waals surface area contributed by atoms with Gasteiger partial charge in [-0.1, -0.05) is 28.1 Å². The molecule has 0 heterocycles. The van der Waals surface area contributed by atoms with Crippen LogP contribution in [-0.2, 0) is 11.2 Å². The molecule has 0 aliphatic carbocycles. The maximum Gasteiger partial charge on any atom is 0.244 e. The number of carbonyl (C=O) groups is 1. The molecule has 0 radical (unpaired) electrons. The lowest BCUT2D eigenvalue weighted by atomic mass is 10.1. The van der Waals surface area contributed by atoms with Gasteiger partial charge in [0.15, 0.2) is 11.5 Å². The lowest BCUT2D eigenvalue weighted by molar-refractivity contribution is -0.120. The predicted octanol–water partition coefficient (Wildman–Crippen LogP) is 5.09. The number of benzene rings is 2. The van der Waals surface area contributed by atoms with Gasteiger partial charge in [-0.3, -0.25) is 4.79 Å². The molecule has 0 spiro atoms. The average molecular weight is 498 g/mol. The van der Waals surface area contributed by atoms with E-state index in [0.29, 0.717) is 18.1 Å². The highest BCUT2D eigenvalue weighted by Crippen LogP contribution is 2.37. The van der Waals surface area contributed by atoms with Crippen molar-refractivity contribution in [1.82, 2.24) is 5.43 Å². The van der Waals surface area contributed by atoms with Crippen LogP contribution in [-0.4, -0.2) is 24.8 Å². The lowest BCUT2D eigenvalue weighted by Gasteiger charge is -2.16. The number of halogens is 2. The maximum absolute atomic E-state index is 12.0. The van der Waals surface area contributed by atoms with Crippen molar-refractivity contribution in [3.63, 3.8) is 0 Å². The molecule has 0 aliphatic rings. The van der Waals surface area contributed by atoms with Gasteiger partial charge in [-0.05, 0) is 72.1 Å². The number of nitrogens with zero attached hydrogens (tertiary/aromatic N) is 1. The van der Waals surface area contributed by atoms with Gasteiger partial charge in [-0.15, -0.1) is 0 Å². The molecule has 2 aromatic carbocycles. The second-order valence-corrected chi connectivity index (χ2v) is 7.80. The van der Waals surface area contributed by atoms with Crippen LogP contribution in [0.4, 0.5) is 0 Å². The standard InChI is InChI=1S/C20H22Br2N2O3/c1-4-26-18-10-15(9-17(22)20(18)27-13(2)3)12-23-24-19(25)11-14-5-7-16(21)8-6-14/h5-10,12-13H,4,11H2,1-3H3,(H,24,25)/b23-12+. The first kappa shape index (κ1) is 21.4. The van der Waals surface area contributed by atoms with E-state index in [1.54, 1.807) is 6.21 Å². The molecular weight excluding hydrogens is 476 g/mol. The zero-order valence-corrected chi connectivity index (χ0v) is 18.6. The predicted molar refractivity (Wildman–Crippen MR) is 115 cm³/mol. The topological polar surface area (TPSA) is 59.9 Å². The zero-order chi connectivity index (χ0) is 19.8. The zero-order valence-electron chi connectivity index (χ0n) is 15.5. The molecule has 0 unspecified atom stereocenters. The van der Waals surface area contributed by atoms with Crippen LogP contribution in [0.15, 0.2) is 50.4 Å². The minimum atomic E-state index is -0.183. The summed E-state index contributed by atoms with van der Waals surface area (Å²) in [4.78, 5) is 12.0. The second-order valence-electron chi connectivity index (χ2n) is 6.03. The van der Waals surface area contributed by atoms with E-state index in [2.05, 4.69) is 42.4 Å². The van der Waals surface area contributed by atoms with Gasteiger partial charge in [0, 0.05) is 4.47 Å². The van der Waals surface area contributed by atoms with Gasteiger partial charge in [0.25, 0.3) is 0 Å². The van der Waals surface area contributed by atoms with Crippen molar-refractivity contribution >= 4 is 44.0 Å². The van der Waals surface area contributed by atoms with E-state index in [1.165, 1.54) is 0 Å².